The molecule has 1 N–H and O–H groups in total. The van der Waals surface area contributed by atoms with Crippen molar-refractivity contribution in [3.63, 3.8) is 0 Å². The van der Waals surface area contributed by atoms with Gasteiger partial charge in [0.25, 0.3) is 0 Å². The van der Waals surface area contributed by atoms with Crippen LogP contribution in [-0.4, -0.2) is 61.8 Å². The fourth-order valence-corrected chi connectivity index (χ4v) is 4.37. The summed E-state index contributed by atoms with van der Waals surface area (Å²) in [5.74, 6) is 1.70. The van der Waals surface area contributed by atoms with E-state index in [9.17, 15) is 9.59 Å². The van der Waals surface area contributed by atoms with E-state index in [1.54, 1.807) is 0 Å². The van der Waals surface area contributed by atoms with Crippen LogP contribution in [0.5, 0.6) is 0 Å². The zero-order valence-corrected chi connectivity index (χ0v) is 13.9. The lowest BCUT2D eigenvalue weighted by Crippen LogP contribution is -2.49. The standard InChI is InChI=1S/C17H26N2O4/c1-9(2)4-18-16(20)11-3-10-5-19(6-14(11)23-10)17(21)15-12-7-22-8-13(12)15/h9-15H,3-8H2,1-2H3,(H,18,20)/t10?,11?,12-,13+,14?,15?. The molecule has 4 unspecified atom stereocenters. The zero-order chi connectivity index (χ0) is 16.1. The van der Waals surface area contributed by atoms with Crippen LogP contribution in [0.25, 0.3) is 0 Å². The van der Waals surface area contributed by atoms with Crippen LogP contribution in [0.1, 0.15) is 20.3 Å². The van der Waals surface area contributed by atoms with E-state index < -0.39 is 0 Å². The quantitative estimate of drug-likeness (QED) is 0.807. The van der Waals surface area contributed by atoms with Crippen molar-refractivity contribution in [1.29, 1.82) is 0 Å². The molecule has 3 aliphatic heterocycles. The van der Waals surface area contributed by atoms with Crippen molar-refractivity contribution in [1.82, 2.24) is 10.2 Å². The lowest BCUT2D eigenvalue weighted by molar-refractivity contribution is -0.145. The molecule has 0 aromatic heterocycles. The number of ether oxygens (including phenoxy) is 2. The number of amides is 2. The Kier molecular flexibility index (Phi) is 3.84. The summed E-state index contributed by atoms with van der Waals surface area (Å²) in [6.45, 7) is 7.53. The maximum absolute atomic E-state index is 12.7. The molecule has 6 nitrogen and oxygen atoms in total. The normalized spacial score (nSPS) is 41.1. The predicted molar refractivity (Wildman–Crippen MR) is 82.5 cm³/mol. The number of likely N-dealkylation sites (tertiary alicyclic amines) is 1. The van der Waals surface area contributed by atoms with E-state index in [4.69, 9.17) is 9.47 Å². The molecule has 1 aliphatic carbocycles. The van der Waals surface area contributed by atoms with E-state index in [2.05, 4.69) is 19.2 Å². The molecule has 0 aromatic carbocycles. The summed E-state index contributed by atoms with van der Waals surface area (Å²) in [5, 5.41) is 3.01. The Balaban J connectivity index is 1.35. The molecule has 128 valence electrons. The summed E-state index contributed by atoms with van der Waals surface area (Å²) < 4.78 is 11.3. The topological polar surface area (TPSA) is 67.9 Å². The molecule has 4 aliphatic rings. The second-order valence-electron chi connectivity index (χ2n) is 7.91. The molecule has 4 rings (SSSR count). The van der Waals surface area contributed by atoms with Crippen LogP contribution >= 0.6 is 0 Å². The number of fused-ring (bicyclic) bond motifs is 3. The Morgan fingerprint density at radius 2 is 1.96 bits per heavy atom. The number of carbonyl (C=O) groups is 2. The first-order chi connectivity index (χ1) is 11.0. The second-order valence-corrected chi connectivity index (χ2v) is 7.91. The maximum Gasteiger partial charge on any atom is 0.226 e. The average molecular weight is 322 g/mol. The molecule has 2 bridgehead atoms. The molecule has 3 saturated heterocycles. The van der Waals surface area contributed by atoms with Crippen molar-refractivity contribution in [2.75, 3.05) is 32.8 Å². The first-order valence-electron chi connectivity index (χ1n) is 8.84. The van der Waals surface area contributed by atoms with Gasteiger partial charge in [-0.1, -0.05) is 13.8 Å². The number of carbonyl (C=O) groups excluding carboxylic acids is 2. The van der Waals surface area contributed by atoms with Crippen LogP contribution in [-0.2, 0) is 19.1 Å². The van der Waals surface area contributed by atoms with E-state index >= 15 is 0 Å². The first-order valence-corrected chi connectivity index (χ1v) is 8.84. The van der Waals surface area contributed by atoms with Crippen molar-refractivity contribution in [2.24, 2.45) is 29.6 Å². The number of morpholine rings is 1. The molecule has 0 aromatic rings. The van der Waals surface area contributed by atoms with Crippen molar-refractivity contribution < 1.29 is 19.1 Å². The minimum Gasteiger partial charge on any atom is -0.381 e. The molecule has 2 amide bonds. The summed E-state index contributed by atoms with van der Waals surface area (Å²) in [5.41, 5.74) is 0. The van der Waals surface area contributed by atoms with Gasteiger partial charge in [0.05, 0.1) is 31.3 Å². The van der Waals surface area contributed by atoms with Crippen LogP contribution in [0.2, 0.25) is 0 Å². The SMILES string of the molecule is CC(C)CNC(=O)C1CC2CN(C(=O)C3[C@H]4COC[C@@H]34)CC1O2. The molecule has 23 heavy (non-hydrogen) atoms. The van der Waals surface area contributed by atoms with Crippen molar-refractivity contribution in [3.05, 3.63) is 0 Å². The van der Waals surface area contributed by atoms with Gasteiger partial charge in [-0.3, -0.25) is 9.59 Å². The minimum absolute atomic E-state index is 0.0161. The number of rotatable bonds is 4. The lowest BCUT2D eigenvalue weighted by Gasteiger charge is -2.33. The number of hydrogen-bond donors (Lipinski definition) is 1. The summed E-state index contributed by atoms with van der Waals surface area (Å²) in [7, 11) is 0. The Morgan fingerprint density at radius 3 is 2.65 bits per heavy atom. The summed E-state index contributed by atoms with van der Waals surface area (Å²) in [6, 6.07) is 0. The van der Waals surface area contributed by atoms with Crippen molar-refractivity contribution >= 4 is 11.8 Å². The Hall–Kier alpha value is -1.14. The smallest absolute Gasteiger partial charge is 0.226 e. The highest BCUT2D eigenvalue weighted by Gasteiger charge is 2.60. The van der Waals surface area contributed by atoms with Gasteiger partial charge in [-0.25, -0.2) is 0 Å². The number of nitrogens with one attached hydrogen (secondary N) is 1. The third-order valence-corrected chi connectivity index (χ3v) is 5.73. The molecule has 1 saturated carbocycles. The van der Waals surface area contributed by atoms with Gasteiger partial charge in [-0.2, -0.15) is 0 Å². The van der Waals surface area contributed by atoms with Gasteiger partial charge in [0.1, 0.15) is 0 Å². The molecule has 4 fully saturated rings. The van der Waals surface area contributed by atoms with E-state index in [1.165, 1.54) is 0 Å². The second kappa shape index (κ2) is 5.74. The van der Waals surface area contributed by atoms with Crippen molar-refractivity contribution in [2.45, 2.75) is 32.5 Å². The van der Waals surface area contributed by atoms with E-state index in [0.717, 1.165) is 19.6 Å². The van der Waals surface area contributed by atoms with Crippen LogP contribution < -0.4 is 5.32 Å². The molecule has 0 radical (unpaired) electrons. The van der Waals surface area contributed by atoms with Gasteiger partial charge in [-0.05, 0) is 24.2 Å². The molecule has 6 heteroatoms. The highest BCUT2D eigenvalue weighted by molar-refractivity contribution is 5.83. The fraction of sp³-hybridized carbons (Fsp3) is 0.882. The zero-order valence-electron chi connectivity index (χ0n) is 13.9. The number of nitrogens with zero attached hydrogens (tertiary/aromatic N) is 1. The van der Waals surface area contributed by atoms with Gasteiger partial charge in [0.15, 0.2) is 0 Å². The van der Waals surface area contributed by atoms with Crippen LogP contribution in [0, 0.1) is 29.6 Å². The third-order valence-electron chi connectivity index (χ3n) is 5.73. The molecular formula is C17H26N2O4. The first kappa shape index (κ1) is 15.4. The predicted octanol–water partition coefficient (Wildman–Crippen LogP) is 0.267. The van der Waals surface area contributed by atoms with Gasteiger partial charge >= 0.3 is 0 Å². The maximum atomic E-state index is 12.7. The summed E-state index contributed by atoms with van der Waals surface area (Å²) in [4.78, 5) is 27.0. The van der Waals surface area contributed by atoms with Gasteiger partial charge in [0.2, 0.25) is 11.8 Å². The van der Waals surface area contributed by atoms with Crippen LogP contribution in [0.3, 0.4) is 0 Å². The Morgan fingerprint density at radius 1 is 1.22 bits per heavy atom. The van der Waals surface area contributed by atoms with E-state index in [-0.39, 0.29) is 35.9 Å². The van der Waals surface area contributed by atoms with Gasteiger partial charge < -0.3 is 19.7 Å². The van der Waals surface area contributed by atoms with E-state index in [1.807, 2.05) is 4.90 Å². The Labute approximate surface area is 136 Å². The molecule has 3 heterocycles. The fourth-order valence-electron chi connectivity index (χ4n) is 4.37. The van der Waals surface area contributed by atoms with Crippen LogP contribution in [0.15, 0.2) is 0 Å². The van der Waals surface area contributed by atoms with Gasteiger partial charge in [0, 0.05) is 25.6 Å². The highest BCUT2D eigenvalue weighted by atomic mass is 16.5. The Bertz CT molecular complexity index is 499. The molecule has 0 spiro atoms. The molecular weight excluding hydrogens is 296 g/mol. The average Bonchev–Trinajstić information content (AvgIpc) is 2.86. The van der Waals surface area contributed by atoms with Crippen LogP contribution in [0.4, 0.5) is 0 Å². The van der Waals surface area contributed by atoms with Crippen molar-refractivity contribution in [3.8, 4) is 0 Å². The largest absolute Gasteiger partial charge is 0.381 e. The highest BCUT2D eigenvalue weighted by Crippen LogP contribution is 2.52. The minimum atomic E-state index is -0.139. The summed E-state index contributed by atoms with van der Waals surface area (Å²) in [6.07, 6.45) is 0.612. The molecule has 6 atom stereocenters. The van der Waals surface area contributed by atoms with E-state index in [0.29, 0.717) is 37.4 Å². The lowest BCUT2D eigenvalue weighted by atomic mass is 9.99. The van der Waals surface area contributed by atoms with Gasteiger partial charge in [-0.15, -0.1) is 0 Å². The summed E-state index contributed by atoms with van der Waals surface area (Å²) >= 11 is 0. The monoisotopic (exact) mass is 322 g/mol. The number of hydrogen-bond acceptors (Lipinski definition) is 4. The third kappa shape index (κ3) is 2.76.